The minimum atomic E-state index is -0.225. The van der Waals surface area contributed by atoms with Crippen molar-refractivity contribution in [3.05, 3.63) is 82.9 Å². The molecule has 1 fully saturated rings. The first-order valence-electron chi connectivity index (χ1n) is 11.2. The zero-order chi connectivity index (χ0) is 22.8. The molecule has 2 heterocycles. The third kappa shape index (κ3) is 4.55. The highest BCUT2D eigenvalue weighted by Crippen LogP contribution is 2.32. The van der Waals surface area contributed by atoms with Gasteiger partial charge >= 0.3 is 0 Å². The summed E-state index contributed by atoms with van der Waals surface area (Å²) in [6.07, 6.45) is 2.04. The average molecular weight is 443 g/mol. The molecule has 0 bridgehead atoms. The zero-order valence-corrected chi connectivity index (χ0v) is 18.6. The lowest BCUT2D eigenvalue weighted by Gasteiger charge is -2.17. The van der Waals surface area contributed by atoms with E-state index in [0.29, 0.717) is 29.2 Å². The van der Waals surface area contributed by atoms with E-state index in [1.807, 2.05) is 66.4 Å². The van der Waals surface area contributed by atoms with Crippen molar-refractivity contribution in [2.24, 2.45) is 0 Å². The Balaban J connectivity index is 1.41. The molecule has 0 radical (unpaired) electrons. The van der Waals surface area contributed by atoms with E-state index in [0.717, 1.165) is 48.2 Å². The highest BCUT2D eigenvalue weighted by atomic mass is 16.7. The van der Waals surface area contributed by atoms with Gasteiger partial charge in [0.2, 0.25) is 6.79 Å². The molecule has 6 heteroatoms. The minimum Gasteiger partial charge on any atom is -0.454 e. The maximum atomic E-state index is 13.1. The van der Waals surface area contributed by atoms with Crippen molar-refractivity contribution >= 4 is 11.8 Å². The van der Waals surface area contributed by atoms with Gasteiger partial charge in [-0.05, 0) is 66.8 Å². The number of carbonyl (C=O) groups is 2. The molecule has 2 amide bonds. The fourth-order valence-corrected chi connectivity index (χ4v) is 4.23. The molecule has 0 saturated carbocycles. The zero-order valence-electron chi connectivity index (χ0n) is 18.6. The van der Waals surface area contributed by atoms with Crippen LogP contribution in [0.2, 0.25) is 0 Å². The number of ether oxygens (including phenoxy) is 2. The molecule has 0 atom stereocenters. The first-order chi connectivity index (χ1) is 16.1. The lowest BCUT2D eigenvalue weighted by Crippen LogP contribution is -2.28. The molecule has 0 aliphatic carbocycles. The summed E-state index contributed by atoms with van der Waals surface area (Å²) in [5, 5.41) is 2.97. The number of carbonyl (C=O) groups excluding carboxylic acids is 2. The van der Waals surface area contributed by atoms with Crippen LogP contribution in [0.1, 0.15) is 44.7 Å². The number of benzene rings is 3. The number of hydrogen-bond donors (Lipinski definition) is 1. The number of likely N-dealkylation sites (tertiary alicyclic amines) is 1. The summed E-state index contributed by atoms with van der Waals surface area (Å²) in [5.74, 6) is 1.14. The van der Waals surface area contributed by atoms with Crippen LogP contribution in [0.3, 0.4) is 0 Å². The first-order valence-corrected chi connectivity index (χ1v) is 11.2. The van der Waals surface area contributed by atoms with Crippen molar-refractivity contribution in [3.8, 4) is 22.6 Å². The quantitative estimate of drug-likeness (QED) is 0.629. The maximum Gasteiger partial charge on any atom is 0.253 e. The van der Waals surface area contributed by atoms with Crippen molar-refractivity contribution in [2.75, 3.05) is 19.9 Å². The second kappa shape index (κ2) is 8.98. The summed E-state index contributed by atoms with van der Waals surface area (Å²) in [5.41, 5.74) is 4.91. The van der Waals surface area contributed by atoms with Gasteiger partial charge in [-0.15, -0.1) is 0 Å². The Kier molecular flexibility index (Phi) is 5.73. The van der Waals surface area contributed by atoms with E-state index in [9.17, 15) is 9.59 Å². The molecule has 6 nitrogen and oxygen atoms in total. The number of rotatable bonds is 5. The van der Waals surface area contributed by atoms with Crippen LogP contribution in [0.15, 0.2) is 60.7 Å². The van der Waals surface area contributed by atoms with Crippen LogP contribution in [0.5, 0.6) is 11.5 Å². The summed E-state index contributed by atoms with van der Waals surface area (Å²) >= 11 is 0. The topological polar surface area (TPSA) is 67.9 Å². The van der Waals surface area contributed by atoms with Gasteiger partial charge in [-0.1, -0.05) is 35.9 Å². The van der Waals surface area contributed by atoms with E-state index >= 15 is 0 Å². The predicted molar refractivity (Wildman–Crippen MR) is 125 cm³/mol. The summed E-state index contributed by atoms with van der Waals surface area (Å²) < 4.78 is 10.8. The predicted octanol–water partition coefficient (Wildman–Crippen LogP) is 4.56. The van der Waals surface area contributed by atoms with Gasteiger partial charge in [0, 0.05) is 30.8 Å². The number of hydrogen-bond acceptors (Lipinski definition) is 4. The van der Waals surface area contributed by atoms with Crippen LogP contribution >= 0.6 is 0 Å². The Morgan fingerprint density at radius 3 is 2.36 bits per heavy atom. The highest BCUT2D eigenvalue weighted by molar-refractivity contribution is 6.01. The molecule has 1 N–H and O–H groups in total. The molecular formula is C27H26N2O4. The molecule has 2 aliphatic heterocycles. The van der Waals surface area contributed by atoms with Crippen molar-refractivity contribution in [3.63, 3.8) is 0 Å². The number of amides is 2. The maximum absolute atomic E-state index is 13.1. The minimum absolute atomic E-state index is 0.0220. The summed E-state index contributed by atoms with van der Waals surface area (Å²) in [6.45, 7) is 4.12. The third-order valence-corrected chi connectivity index (χ3v) is 6.11. The van der Waals surface area contributed by atoms with E-state index in [2.05, 4.69) is 5.32 Å². The van der Waals surface area contributed by atoms with Crippen LogP contribution in [0.25, 0.3) is 11.1 Å². The molecule has 2 aliphatic rings. The van der Waals surface area contributed by atoms with Gasteiger partial charge in [-0.2, -0.15) is 0 Å². The number of aryl methyl sites for hydroxylation is 1. The van der Waals surface area contributed by atoms with Crippen LogP contribution in [-0.2, 0) is 6.54 Å². The van der Waals surface area contributed by atoms with Gasteiger partial charge in [-0.3, -0.25) is 9.59 Å². The molecular weight excluding hydrogens is 416 g/mol. The molecule has 33 heavy (non-hydrogen) atoms. The molecule has 5 rings (SSSR count). The van der Waals surface area contributed by atoms with Crippen molar-refractivity contribution in [2.45, 2.75) is 26.3 Å². The molecule has 3 aromatic rings. The highest BCUT2D eigenvalue weighted by Gasteiger charge is 2.22. The lowest BCUT2D eigenvalue weighted by molar-refractivity contribution is 0.0793. The molecule has 0 aromatic heterocycles. The number of fused-ring (bicyclic) bond motifs is 1. The van der Waals surface area contributed by atoms with E-state index < -0.39 is 0 Å². The Bertz CT molecular complexity index is 1200. The average Bonchev–Trinajstić information content (AvgIpc) is 3.54. The SMILES string of the molecule is Cc1ccc(-c2cc(C(=O)NCc3ccc4c(c3)OCO4)cc(C(=O)N3CCCC3)c2)cc1. The van der Waals surface area contributed by atoms with Gasteiger partial charge < -0.3 is 19.7 Å². The third-order valence-electron chi connectivity index (χ3n) is 6.11. The van der Waals surface area contributed by atoms with Crippen LogP contribution in [0.4, 0.5) is 0 Å². The number of nitrogens with zero attached hydrogens (tertiary/aromatic N) is 1. The monoisotopic (exact) mass is 442 g/mol. The molecule has 0 unspecified atom stereocenters. The molecule has 1 saturated heterocycles. The smallest absolute Gasteiger partial charge is 0.253 e. The van der Waals surface area contributed by atoms with Gasteiger partial charge in [-0.25, -0.2) is 0 Å². The van der Waals surface area contributed by atoms with Crippen LogP contribution in [-0.4, -0.2) is 36.6 Å². The fourth-order valence-electron chi connectivity index (χ4n) is 4.23. The van der Waals surface area contributed by atoms with Crippen LogP contribution < -0.4 is 14.8 Å². The Labute approximate surface area is 193 Å². The van der Waals surface area contributed by atoms with E-state index in [-0.39, 0.29) is 18.6 Å². The fraction of sp³-hybridized carbons (Fsp3) is 0.259. The first kappa shape index (κ1) is 21.1. The molecule has 3 aromatic carbocycles. The van der Waals surface area contributed by atoms with Crippen molar-refractivity contribution in [1.29, 1.82) is 0 Å². The molecule has 0 spiro atoms. The standard InChI is InChI=1S/C27H26N2O4/c1-18-4-7-20(8-5-18)21-13-22(15-23(14-21)27(31)29-10-2-3-11-29)26(30)28-16-19-6-9-24-25(12-19)33-17-32-24/h4-9,12-15H,2-3,10-11,16-17H2,1H3,(H,28,30). The Hall–Kier alpha value is -3.80. The largest absolute Gasteiger partial charge is 0.454 e. The van der Waals surface area contributed by atoms with Crippen molar-refractivity contribution in [1.82, 2.24) is 10.2 Å². The summed E-state index contributed by atoms with van der Waals surface area (Å²) in [6, 6.07) is 19.1. The molecule has 168 valence electrons. The van der Waals surface area contributed by atoms with E-state index in [1.54, 1.807) is 6.07 Å². The Morgan fingerprint density at radius 2 is 1.58 bits per heavy atom. The van der Waals surface area contributed by atoms with Crippen molar-refractivity contribution < 1.29 is 19.1 Å². The lowest BCUT2D eigenvalue weighted by atomic mass is 9.98. The van der Waals surface area contributed by atoms with Crippen LogP contribution in [0, 0.1) is 6.92 Å². The van der Waals surface area contributed by atoms with E-state index in [4.69, 9.17) is 9.47 Å². The van der Waals surface area contributed by atoms with E-state index in [1.165, 1.54) is 0 Å². The summed E-state index contributed by atoms with van der Waals surface area (Å²) in [4.78, 5) is 28.1. The second-order valence-corrected chi connectivity index (χ2v) is 8.53. The van der Waals surface area contributed by atoms with Gasteiger partial charge in [0.05, 0.1) is 0 Å². The summed E-state index contributed by atoms with van der Waals surface area (Å²) in [7, 11) is 0. The normalized spacial score (nSPS) is 14.4. The second-order valence-electron chi connectivity index (χ2n) is 8.53. The Morgan fingerprint density at radius 1 is 0.848 bits per heavy atom. The van der Waals surface area contributed by atoms with Gasteiger partial charge in [0.15, 0.2) is 11.5 Å². The van der Waals surface area contributed by atoms with Gasteiger partial charge in [0.25, 0.3) is 11.8 Å². The number of nitrogens with one attached hydrogen (secondary N) is 1. The van der Waals surface area contributed by atoms with Gasteiger partial charge in [0.1, 0.15) is 0 Å².